The van der Waals surface area contributed by atoms with Crippen LogP contribution < -0.4 is 5.73 Å². The van der Waals surface area contributed by atoms with E-state index < -0.39 is 0 Å². The van der Waals surface area contributed by atoms with Gasteiger partial charge in [-0.3, -0.25) is 9.78 Å². The smallest absolute Gasteiger partial charge is 0.223 e. The van der Waals surface area contributed by atoms with Gasteiger partial charge in [0.05, 0.1) is 12.2 Å². The summed E-state index contributed by atoms with van der Waals surface area (Å²) in [6, 6.07) is 5.93. The molecule has 2 N–H and O–H groups in total. The van der Waals surface area contributed by atoms with Gasteiger partial charge in [0.25, 0.3) is 0 Å². The molecule has 15 heavy (non-hydrogen) atoms. The molecule has 1 aromatic heterocycles. The second-order valence-corrected chi connectivity index (χ2v) is 3.77. The van der Waals surface area contributed by atoms with Crippen LogP contribution >= 0.6 is 0 Å². The first-order chi connectivity index (χ1) is 7.31. The van der Waals surface area contributed by atoms with Crippen molar-refractivity contribution in [2.45, 2.75) is 25.4 Å². The van der Waals surface area contributed by atoms with Gasteiger partial charge in [-0.05, 0) is 18.6 Å². The molecule has 1 aliphatic rings. The fraction of sp³-hybridized carbons (Fsp3) is 0.455. The van der Waals surface area contributed by atoms with Crippen molar-refractivity contribution in [3.05, 3.63) is 30.1 Å². The van der Waals surface area contributed by atoms with Gasteiger partial charge in [-0.15, -0.1) is 0 Å². The number of rotatable bonds is 3. The van der Waals surface area contributed by atoms with E-state index in [4.69, 9.17) is 5.73 Å². The summed E-state index contributed by atoms with van der Waals surface area (Å²) in [5, 5.41) is 0. The maximum atomic E-state index is 11.6. The summed E-state index contributed by atoms with van der Waals surface area (Å²) in [5.74, 6) is 0.191. The highest BCUT2D eigenvalue weighted by Crippen LogP contribution is 2.19. The Labute approximate surface area is 89.1 Å². The van der Waals surface area contributed by atoms with E-state index in [0.717, 1.165) is 12.1 Å². The third-order valence-corrected chi connectivity index (χ3v) is 2.78. The van der Waals surface area contributed by atoms with Gasteiger partial charge in [-0.25, -0.2) is 0 Å². The number of carbonyl (C=O) groups excluding carboxylic acids is 1. The largest absolute Gasteiger partial charge is 0.333 e. The number of carbonyl (C=O) groups is 1. The minimum absolute atomic E-state index is 0.191. The highest BCUT2D eigenvalue weighted by Gasteiger charge is 2.29. The summed E-state index contributed by atoms with van der Waals surface area (Å²) in [4.78, 5) is 17.6. The fourth-order valence-corrected chi connectivity index (χ4v) is 1.92. The van der Waals surface area contributed by atoms with E-state index in [-0.39, 0.29) is 11.9 Å². The minimum atomic E-state index is 0.191. The Bertz CT molecular complexity index is 339. The van der Waals surface area contributed by atoms with Crippen LogP contribution in [0.1, 0.15) is 18.5 Å². The van der Waals surface area contributed by atoms with Crippen molar-refractivity contribution in [1.82, 2.24) is 9.88 Å². The average Bonchev–Trinajstić information content (AvgIpc) is 2.62. The van der Waals surface area contributed by atoms with Gasteiger partial charge in [-0.1, -0.05) is 6.07 Å². The van der Waals surface area contributed by atoms with E-state index >= 15 is 0 Å². The lowest BCUT2D eigenvalue weighted by Gasteiger charge is -2.22. The Morgan fingerprint density at radius 1 is 1.53 bits per heavy atom. The standard InChI is InChI=1S/C11H15N3O/c12-7-10-4-5-11(15)14(10)8-9-3-1-2-6-13-9/h1-3,6,10H,4-5,7-8,12H2. The van der Waals surface area contributed by atoms with E-state index in [1.165, 1.54) is 0 Å². The van der Waals surface area contributed by atoms with Crippen LogP contribution in [0.2, 0.25) is 0 Å². The van der Waals surface area contributed by atoms with Gasteiger partial charge in [0.1, 0.15) is 0 Å². The van der Waals surface area contributed by atoms with Crippen molar-refractivity contribution >= 4 is 5.91 Å². The Kier molecular flexibility index (Phi) is 2.97. The number of nitrogens with zero attached hydrogens (tertiary/aromatic N) is 2. The number of aromatic nitrogens is 1. The van der Waals surface area contributed by atoms with E-state index in [0.29, 0.717) is 19.5 Å². The maximum absolute atomic E-state index is 11.6. The quantitative estimate of drug-likeness (QED) is 0.783. The molecule has 1 aromatic rings. The van der Waals surface area contributed by atoms with Crippen molar-refractivity contribution in [3.63, 3.8) is 0 Å². The number of pyridine rings is 1. The molecule has 2 heterocycles. The van der Waals surface area contributed by atoms with Crippen molar-refractivity contribution in [3.8, 4) is 0 Å². The third-order valence-electron chi connectivity index (χ3n) is 2.78. The molecular weight excluding hydrogens is 190 g/mol. The van der Waals surface area contributed by atoms with Gasteiger partial charge in [0, 0.05) is 25.2 Å². The molecule has 0 saturated carbocycles. The molecule has 0 bridgehead atoms. The van der Waals surface area contributed by atoms with Crippen LogP contribution in [0.25, 0.3) is 0 Å². The summed E-state index contributed by atoms with van der Waals surface area (Å²) >= 11 is 0. The molecule has 0 spiro atoms. The molecule has 0 aliphatic carbocycles. The lowest BCUT2D eigenvalue weighted by atomic mass is 10.2. The van der Waals surface area contributed by atoms with E-state index in [1.807, 2.05) is 23.1 Å². The molecule has 4 nitrogen and oxygen atoms in total. The van der Waals surface area contributed by atoms with Crippen LogP contribution in [-0.4, -0.2) is 28.4 Å². The zero-order valence-electron chi connectivity index (χ0n) is 8.60. The Morgan fingerprint density at radius 3 is 3.07 bits per heavy atom. The number of nitrogens with two attached hydrogens (primary N) is 1. The molecule has 1 aliphatic heterocycles. The van der Waals surface area contributed by atoms with Crippen LogP contribution in [0, 0.1) is 0 Å². The number of likely N-dealkylation sites (tertiary alicyclic amines) is 1. The highest BCUT2D eigenvalue weighted by atomic mass is 16.2. The molecule has 1 amide bonds. The van der Waals surface area contributed by atoms with Crippen LogP contribution in [0.3, 0.4) is 0 Å². The first-order valence-electron chi connectivity index (χ1n) is 5.20. The minimum Gasteiger partial charge on any atom is -0.333 e. The van der Waals surface area contributed by atoms with E-state index in [1.54, 1.807) is 6.20 Å². The van der Waals surface area contributed by atoms with Crippen LogP contribution in [-0.2, 0) is 11.3 Å². The monoisotopic (exact) mass is 205 g/mol. The predicted molar refractivity (Wildman–Crippen MR) is 56.9 cm³/mol. The summed E-state index contributed by atoms with van der Waals surface area (Å²) in [6.07, 6.45) is 3.24. The summed E-state index contributed by atoms with van der Waals surface area (Å²) in [7, 11) is 0. The normalized spacial score (nSPS) is 21.0. The SMILES string of the molecule is NCC1CCC(=O)N1Cc1ccccn1. The van der Waals surface area contributed by atoms with Gasteiger partial charge in [0.2, 0.25) is 5.91 Å². The molecule has 1 saturated heterocycles. The van der Waals surface area contributed by atoms with Crippen molar-refractivity contribution in [2.75, 3.05) is 6.54 Å². The van der Waals surface area contributed by atoms with E-state index in [9.17, 15) is 4.79 Å². The Morgan fingerprint density at radius 2 is 2.40 bits per heavy atom. The van der Waals surface area contributed by atoms with Crippen molar-refractivity contribution < 1.29 is 4.79 Å². The van der Waals surface area contributed by atoms with Crippen molar-refractivity contribution in [1.29, 1.82) is 0 Å². The second kappa shape index (κ2) is 4.40. The molecular formula is C11H15N3O. The van der Waals surface area contributed by atoms with Gasteiger partial charge < -0.3 is 10.6 Å². The average molecular weight is 205 g/mol. The molecule has 80 valence electrons. The number of hydrogen-bond acceptors (Lipinski definition) is 3. The maximum Gasteiger partial charge on any atom is 0.223 e. The fourth-order valence-electron chi connectivity index (χ4n) is 1.92. The number of hydrogen-bond donors (Lipinski definition) is 1. The zero-order valence-corrected chi connectivity index (χ0v) is 8.60. The molecule has 0 radical (unpaired) electrons. The van der Waals surface area contributed by atoms with Crippen molar-refractivity contribution in [2.24, 2.45) is 5.73 Å². The lowest BCUT2D eigenvalue weighted by molar-refractivity contribution is -0.129. The third kappa shape index (κ3) is 2.15. The molecule has 4 heteroatoms. The summed E-state index contributed by atoms with van der Waals surface area (Å²) in [6.45, 7) is 1.13. The lowest BCUT2D eigenvalue weighted by Crippen LogP contribution is -2.37. The Hall–Kier alpha value is -1.42. The first-order valence-corrected chi connectivity index (χ1v) is 5.20. The first kappa shape index (κ1) is 10.1. The molecule has 1 fully saturated rings. The van der Waals surface area contributed by atoms with Gasteiger partial charge in [-0.2, -0.15) is 0 Å². The predicted octanol–water partition coefficient (Wildman–Crippen LogP) is 0.531. The second-order valence-electron chi connectivity index (χ2n) is 3.77. The van der Waals surface area contributed by atoms with E-state index in [2.05, 4.69) is 4.98 Å². The van der Waals surface area contributed by atoms with Crippen LogP contribution in [0.5, 0.6) is 0 Å². The van der Waals surface area contributed by atoms with Crippen LogP contribution in [0.15, 0.2) is 24.4 Å². The topological polar surface area (TPSA) is 59.2 Å². The summed E-state index contributed by atoms with van der Waals surface area (Å²) in [5.41, 5.74) is 6.55. The Balaban J connectivity index is 2.07. The van der Waals surface area contributed by atoms with Crippen LogP contribution in [0.4, 0.5) is 0 Å². The molecule has 1 atom stereocenters. The highest BCUT2D eigenvalue weighted by molar-refractivity contribution is 5.78. The molecule has 1 unspecified atom stereocenters. The molecule has 2 rings (SSSR count). The zero-order chi connectivity index (χ0) is 10.7. The molecule has 0 aromatic carbocycles. The summed E-state index contributed by atoms with van der Waals surface area (Å²) < 4.78 is 0. The van der Waals surface area contributed by atoms with Gasteiger partial charge >= 0.3 is 0 Å². The number of amides is 1. The van der Waals surface area contributed by atoms with Gasteiger partial charge in [0.15, 0.2) is 0 Å².